The van der Waals surface area contributed by atoms with Crippen LogP contribution in [0.5, 0.6) is 5.75 Å². The Morgan fingerprint density at radius 3 is 2.39 bits per heavy atom. The fourth-order valence-electron chi connectivity index (χ4n) is 4.22. The number of pyridine rings is 1. The van der Waals surface area contributed by atoms with Gasteiger partial charge in [-0.1, -0.05) is 18.2 Å². The van der Waals surface area contributed by atoms with Crippen molar-refractivity contribution in [1.82, 2.24) is 14.4 Å². The minimum absolute atomic E-state index is 0.0817. The van der Waals surface area contributed by atoms with E-state index in [1.807, 2.05) is 42.5 Å². The third-order valence-corrected chi connectivity index (χ3v) is 5.87. The van der Waals surface area contributed by atoms with Crippen LogP contribution >= 0.6 is 0 Å². The van der Waals surface area contributed by atoms with E-state index in [1.165, 1.54) is 0 Å². The van der Waals surface area contributed by atoms with Crippen molar-refractivity contribution in [3.05, 3.63) is 52.7 Å². The summed E-state index contributed by atoms with van der Waals surface area (Å²) in [5.41, 5.74) is 1.98. The zero-order valence-corrected chi connectivity index (χ0v) is 16.9. The van der Waals surface area contributed by atoms with Crippen molar-refractivity contribution in [3.63, 3.8) is 0 Å². The molecule has 0 bridgehead atoms. The van der Waals surface area contributed by atoms with Gasteiger partial charge in [0.2, 0.25) is 0 Å². The fourth-order valence-corrected chi connectivity index (χ4v) is 4.22. The Morgan fingerprint density at radius 1 is 0.893 bits per heavy atom. The molecule has 148 valence electrons. The van der Waals surface area contributed by atoms with Gasteiger partial charge in [0.15, 0.2) is 5.43 Å². The number of benzene rings is 2. The van der Waals surface area contributed by atoms with Crippen LogP contribution in [0.4, 0.5) is 0 Å². The van der Waals surface area contributed by atoms with Crippen molar-refractivity contribution in [2.24, 2.45) is 0 Å². The maximum absolute atomic E-state index is 13.0. The van der Waals surface area contributed by atoms with E-state index in [-0.39, 0.29) is 5.43 Å². The van der Waals surface area contributed by atoms with Gasteiger partial charge in [-0.15, -0.1) is 0 Å². The number of methoxy groups -OCH3 is 1. The molecule has 2 heterocycles. The van der Waals surface area contributed by atoms with Crippen LogP contribution in [0, 0.1) is 0 Å². The van der Waals surface area contributed by atoms with Gasteiger partial charge < -0.3 is 19.1 Å². The number of nitrogens with zero attached hydrogens (tertiary/aromatic N) is 3. The molecule has 0 amide bonds. The Labute approximate surface area is 166 Å². The predicted octanol–water partition coefficient (Wildman–Crippen LogP) is 3.19. The maximum Gasteiger partial charge on any atom is 0.197 e. The zero-order chi connectivity index (χ0) is 19.5. The fraction of sp³-hybridized carbons (Fsp3) is 0.435. The van der Waals surface area contributed by atoms with Crippen molar-refractivity contribution in [2.45, 2.75) is 19.4 Å². The predicted molar refractivity (Wildman–Crippen MR) is 115 cm³/mol. The summed E-state index contributed by atoms with van der Waals surface area (Å²) in [5, 5.41) is 1.51. The van der Waals surface area contributed by atoms with Gasteiger partial charge >= 0.3 is 0 Å². The van der Waals surface area contributed by atoms with Gasteiger partial charge in [-0.05, 0) is 50.7 Å². The third kappa shape index (κ3) is 3.64. The summed E-state index contributed by atoms with van der Waals surface area (Å²) in [7, 11) is 3.86. The number of rotatable bonds is 6. The van der Waals surface area contributed by atoms with E-state index in [2.05, 4.69) is 21.4 Å². The number of hydrogen-bond acceptors (Lipinski definition) is 4. The number of hydrogen-bond donors (Lipinski definition) is 0. The number of piperazine rings is 1. The Balaban J connectivity index is 1.61. The van der Waals surface area contributed by atoms with Crippen LogP contribution in [0.3, 0.4) is 0 Å². The highest BCUT2D eigenvalue weighted by Crippen LogP contribution is 2.27. The van der Waals surface area contributed by atoms with E-state index in [1.54, 1.807) is 7.11 Å². The van der Waals surface area contributed by atoms with E-state index in [0.717, 1.165) is 79.7 Å². The van der Waals surface area contributed by atoms with Gasteiger partial charge in [-0.2, -0.15) is 0 Å². The van der Waals surface area contributed by atoms with Gasteiger partial charge in [0.1, 0.15) is 5.75 Å². The van der Waals surface area contributed by atoms with Gasteiger partial charge in [0, 0.05) is 38.1 Å². The topological polar surface area (TPSA) is 37.7 Å². The summed E-state index contributed by atoms with van der Waals surface area (Å²) >= 11 is 0. The summed E-state index contributed by atoms with van der Waals surface area (Å²) in [6.45, 7) is 6.66. The smallest absolute Gasteiger partial charge is 0.197 e. The second-order valence-corrected chi connectivity index (χ2v) is 7.71. The zero-order valence-electron chi connectivity index (χ0n) is 16.9. The monoisotopic (exact) mass is 379 g/mol. The number of likely N-dealkylation sites (N-methyl/N-ethyl adjacent to an activating group) is 1. The lowest BCUT2D eigenvalue weighted by Crippen LogP contribution is -2.44. The highest BCUT2D eigenvalue weighted by molar-refractivity contribution is 5.96. The largest absolute Gasteiger partial charge is 0.495 e. The molecule has 1 aromatic heterocycles. The summed E-state index contributed by atoms with van der Waals surface area (Å²) < 4.78 is 7.88. The lowest BCUT2D eigenvalue weighted by molar-refractivity contribution is 0.152. The van der Waals surface area contributed by atoms with Crippen LogP contribution in [-0.4, -0.2) is 61.2 Å². The normalized spacial score (nSPS) is 16.1. The molecule has 1 aliphatic heterocycles. The second-order valence-electron chi connectivity index (χ2n) is 7.71. The number of aromatic nitrogens is 1. The Hall–Kier alpha value is -2.37. The van der Waals surface area contributed by atoms with Crippen molar-refractivity contribution >= 4 is 21.8 Å². The van der Waals surface area contributed by atoms with Crippen LogP contribution in [0.25, 0.3) is 21.8 Å². The van der Waals surface area contributed by atoms with Crippen LogP contribution in [0.2, 0.25) is 0 Å². The first-order valence-corrected chi connectivity index (χ1v) is 10.2. The molecule has 28 heavy (non-hydrogen) atoms. The summed E-state index contributed by atoms with van der Waals surface area (Å²) in [6, 6.07) is 13.7. The molecule has 0 N–H and O–H groups in total. The molecule has 1 fully saturated rings. The molecule has 4 rings (SSSR count). The quantitative estimate of drug-likeness (QED) is 0.487. The number of unbranched alkanes of at least 4 members (excludes halogenated alkanes) is 1. The van der Waals surface area contributed by atoms with Crippen LogP contribution in [-0.2, 0) is 6.54 Å². The van der Waals surface area contributed by atoms with E-state index < -0.39 is 0 Å². The molecule has 0 unspecified atom stereocenters. The van der Waals surface area contributed by atoms with Gasteiger partial charge in [-0.25, -0.2) is 0 Å². The Bertz CT molecular complexity index is 1020. The molecule has 3 aromatic rings. The molecule has 0 aliphatic carbocycles. The van der Waals surface area contributed by atoms with Crippen LogP contribution < -0.4 is 10.2 Å². The van der Waals surface area contributed by atoms with Crippen LogP contribution in [0.1, 0.15) is 12.8 Å². The summed E-state index contributed by atoms with van der Waals surface area (Å²) in [4.78, 5) is 17.9. The van der Waals surface area contributed by atoms with Crippen molar-refractivity contribution in [1.29, 1.82) is 0 Å². The number of aryl methyl sites for hydroxylation is 1. The second kappa shape index (κ2) is 8.33. The van der Waals surface area contributed by atoms with Crippen molar-refractivity contribution in [2.75, 3.05) is 46.9 Å². The van der Waals surface area contributed by atoms with E-state index >= 15 is 0 Å². The standard InChI is InChI=1S/C23H29N3O2/c1-24-14-16-25(17-15-24)12-5-6-13-26-20-10-4-3-8-18(20)23(27)19-9-7-11-21(28-2)22(19)26/h3-4,7-11H,5-6,12-17H2,1-2H3. The lowest BCUT2D eigenvalue weighted by Gasteiger charge is -2.32. The van der Waals surface area contributed by atoms with E-state index in [9.17, 15) is 4.79 Å². The molecule has 0 spiro atoms. The molecule has 0 radical (unpaired) electrons. The van der Waals surface area contributed by atoms with Gasteiger partial charge in [0.05, 0.1) is 23.5 Å². The van der Waals surface area contributed by atoms with Crippen LogP contribution in [0.15, 0.2) is 47.3 Å². The lowest BCUT2D eigenvalue weighted by atomic mass is 10.1. The highest BCUT2D eigenvalue weighted by atomic mass is 16.5. The van der Waals surface area contributed by atoms with Gasteiger partial charge in [0.25, 0.3) is 0 Å². The molecule has 0 atom stereocenters. The molecule has 1 saturated heterocycles. The third-order valence-electron chi connectivity index (χ3n) is 5.87. The molecule has 0 saturated carbocycles. The summed E-state index contributed by atoms with van der Waals surface area (Å²) in [6.07, 6.45) is 2.23. The first kappa shape index (κ1) is 19.0. The number of ether oxygens (including phenoxy) is 1. The minimum Gasteiger partial charge on any atom is -0.495 e. The molecule has 5 nitrogen and oxygen atoms in total. The van der Waals surface area contributed by atoms with E-state index in [4.69, 9.17) is 4.74 Å². The van der Waals surface area contributed by atoms with Gasteiger partial charge in [-0.3, -0.25) is 4.79 Å². The Kier molecular flexibility index (Phi) is 5.64. The molecule has 1 aliphatic rings. The number of para-hydroxylation sites is 2. The Morgan fingerprint density at radius 2 is 1.61 bits per heavy atom. The first-order chi connectivity index (χ1) is 13.7. The first-order valence-electron chi connectivity index (χ1n) is 10.2. The number of fused-ring (bicyclic) bond motifs is 2. The maximum atomic E-state index is 13.0. The minimum atomic E-state index is 0.0817. The molecule has 5 heteroatoms. The average Bonchev–Trinajstić information content (AvgIpc) is 2.74. The molecule has 2 aromatic carbocycles. The highest BCUT2D eigenvalue weighted by Gasteiger charge is 2.15. The van der Waals surface area contributed by atoms with Crippen molar-refractivity contribution < 1.29 is 4.74 Å². The average molecular weight is 380 g/mol. The molecular formula is C23H29N3O2. The van der Waals surface area contributed by atoms with Crippen molar-refractivity contribution in [3.8, 4) is 5.75 Å². The van der Waals surface area contributed by atoms with E-state index in [0.29, 0.717) is 0 Å². The SMILES string of the molecule is COc1cccc2c(=O)c3ccccc3n(CCCCN3CCN(C)CC3)c12. The molecular weight excluding hydrogens is 350 g/mol. The summed E-state index contributed by atoms with van der Waals surface area (Å²) in [5.74, 6) is 0.763.